The zero-order valence-corrected chi connectivity index (χ0v) is 18.1. The molecule has 0 N–H and O–H groups in total. The quantitative estimate of drug-likeness (QED) is 0.163. The van der Waals surface area contributed by atoms with Crippen molar-refractivity contribution < 1.29 is 24.2 Å². The summed E-state index contributed by atoms with van der Waals surface area (Å²) in [7, 11) is 0. The largest absolute Gasteiger partial charge is 0.490 e. The molecule has 176 valence electrons. The van der Waals surface area contributed by atoms with Crippen molar-refractivity contribution in [2.75, 3.05) is 6.61 Å². The average molecular weight is 476 g/mol. The van der Waals surface area contributed by atoms with E-state index in [2.05, 4.69) is 0 Å². The molecule has 0 atom stereocenters. The minimum absolute atomic E-state index is 0.105. The summed E-state index contributed by atoms with van der Waals surface area (Å²) in [5, 5.41) is 42.8. The molecule has 0 aromatic heterocycles. The molecule has 0 amide bonds. The second-order valence-corrected chi connectivity index (χ2v) is 6.88. The molecule has 0 saturated heterocycles. The van der Waals surface area contributed by atoms with Crippen LogP contribution in [0.1, 0.15) is 18.1 Å². The highest BCUT2D eigenvalue weighted by Crippen LogP contribution is 2.39. The van der Waals surface area contributed by atoms with E-state index in [1.165, 1.54) is 30.3 Å². The first kappa shape index (κ1) is 24.3. The van der Waals surface area contributed by atoms with Gasteiger partial charge in [0.2, 0.25) is 5.75 Å². The normalized spacial score (nSPS) is 10.8. The van der Waals surface area contributed by atoms with E-state index in [1.54, 1.807) is 25.1 Å². The van der Waals surface area contributed by atoms with Crippen LogP contribution in [0.25, 0.3) is 11.6 Å². The third-order valence-electron chi connectivity index (χ3n) is 4.66. The third-order valence-corrected chi connectivity index (χ3v) is 4.66. The smallest absolute Gasteiger partial charge is 0.318 e. The maximum absolute atomic E-state index is 11.4. The minimum atomic E-state index is -0.789. The molecule has 0 spiro atoms. The zero-order valence-electron chi connectivity index (χ0n) is 18.1. The lowest BCUT2D eigenvalue weighted by Crippen LogP contribution is -1.99. The monoisotopic (exact) mass is 476 g/mol. The summed E-state index contributed by atoms with van der Waals surface area (Å²) in [5.41, 5.74) is 0.0979. The number of hydrogen-bond acceptors (Lipinski definition) is 9. The first-order valence-electron chi connectivity index (χ1n) is 9.97. The highest BCUT2D eigenvalue weighted by Gasteiger charge is 2.22. The number of nitriles is 1. The van der Waals surface area contributed by atoms with Gasteiger partial charge in [0.1, 0.15) is 0 Å². The van der Waals surface area contributed by atoms with E-state index in [4.69, 9.17) is 9.47 Å². The molecule has 0 saturated carbocycles. The number of rotatable bonds is 9. The molecule has 0 unspecified atom stereocenters. The van der Waals surface area contributed by atoms with Gasteiger partial charge in [-0.2, -0.15) is 5.26 Å². The van der Waals surface area contributed by atoms with Crippen molar-refractivity contribution in [2.24, 2.45) is 0 Å². The SMILES string of the molecule is CCOc1cc(/C=C(\C#N)c2ccc([N+](=O)[O-])cc2)ccc1Oc1ccc([N+](=O)[O-])cc1[N+](=O)[O-]. The Hall–Kier alpha value is -5.31. The summed E-state index contributed by atoms with van der Waals surface area (Å²) < 4.78 is 11.2. The first-order chi connectivity index (χ1) is 16.7. The van der Waals surface area contributed by atoms with Crippen molar-refractivity contribution >= 4 is 28.7 Å². The van der Waals surface area contributed by atoms with E-state index >= 15 is 0 Å². The Bertz CT molecular complexity index is 1380. The van der Waals surface area contributed by atoms with Gasteiger partial charge < -0.3 is 9.47 Å². The first-order valence-corrected chi connectivity index (χ1v) is 9.97. The lowest BCUT2D eigenvalue weighted by Gasteiger charge is -2.12. The average Bonchev–Trinajstić information content (AvgIpc) is 2.84. The molecular weight excluding hydrogens is 460 g/mol. The van der Waals surface area contributed by atoms with Gasteiger partial charge >= 0.3 is 5.69 Å². The molecule has 3 aromatic carbocycles. The van der Waals surface area contributed by atoms with E-state index in [0.717, 1.165) is 18.2 Å². The van der Waals surface area contributed by atoms with Crippen LogP contribution in [-0.2, 0) is 0 Å². The number of ether oxygens (including phenoxy) is 2. The molecule has 0 bridgehead atoms. The van der Waals surface area contributed by atoms with Crippen LogP contribution in [-0.4, -0.2) is 21.4 Å². The Kier molecular flexibility index (Phi) is 7.33. The lowest BCUT2D eigenvalue weighted by molar-refractivity contribution is -0.394. The number of non-ortho nitro benzene ring substituents is 2. The number of benzene rings is 3. The minimum Gasteiger partial charge on any atom is -0.490 e. The molecule has 0 fully saturated rings. The number of hydrogen-bond donors (Lipinski definition) is 0. The third kappa shape index (κ3) is 5.74. The van der Waals surface area contributed by atoms with Gasteiger partial charge in [-0.05, 0) is 54.5 Å². The van der Waals surface area contributed by atoms with Gasteiger partial charge in [0.15, 0.2) is 11.5 Å². The summed E-state index contributed by atoms with van der Waals surface area (Å²) in [4.78, 5) is 31.1. The molecule has 0 aliphatic heterocycles. The molecular formula is C23H16N4O8. The zero-order chi connectivity index (χ0) is 25.5. The van der Waals surface area contributed by atoms with Crippen LogP contribution >= 0.6 is 0 Å². The Morgan fingerprint density at radius 2 is 1.49 bits per heavy atom. The highest BCUT2D eigenvalue weighted by molar-refractivity contribution is 5.90. The van der Waals surface area contributed by atoms with E-state index in [0.29, 0.717) is 11.1 Å². The van der Waals surface area contributed by atoms with E-state index < -0.39 is 26.1 Å². The predicted octanol–water partition coefficient (Wildman–Crippen LogP) is 5.67. The molecule has 0 radical (unpaired) electrons. The molecule has 0 aliphatic carbocycles. The van der Waals surface area contributed by atoms with E-state index in [9.17, 15) is 35.6 Å². The van der Waals surface area contributed by atoms with E-state index in [-0.39, 0.29) is 35.1 Å². The molecule has 0 heterocycles. The summed E-state index contributed by atoms with van der Waals surface area (Å²) in [6.45, 7) is 1.96. The van der Waals surface area contributed by atoms with Gasteiger partial charge in [-0.1, -0.05) is 6.07 Å². The summed E-state index contributed by atoms with van der Waals surface area (Å²) >= 11 is 0. The van der Waals surface area contributed by atoms with Crippen LogP contribution in [0, 0.1) is 41.7 Å². The van der Waals surface area contributed by atoms with Crippen molar-refractivity contribution in [1.82, 2.24) is 0 Å². The van der Waals surface area contributed by atoms with Gasteiger partial charge in [0, 0.05) is 18.2 Å². The Morgan fingerprint density at radius 3 is 2.06 bits per heavy atom. The summed E-state index contributed by atoms with van der Waals surface area (Å²) in [6.07, 6.45) is 1.54. The van der Waals surface area contributed by atoms with Gasteiger partial charge in [0.05, 0.1) is 39.1 Å². The Labute approximate surface area is 197 Å². The van der Waals surface area contributed by atoms with Crippen LogP contribution in [0.2, 0.25) is 0 Å². The maximum Gasteiger partial charge on any atom is 0.318 e. The highest BCUT2D eigenvalue weighted by atomic mass is 16.6. The molecule has 0 aliphatic rings. The maximum atomic E-state index is 11.4. The molecule has 3 rings (SSSR count). The van der Waals surface area contributed by atoms with Gasteiger partial charge in [0.25, 0.3) is 11.4 Å². The van der Waals surface area contributed by atoms with Crippen molar-refractivity contribution in [3.05, 3.63) is 102 Å². The molecule has 12 heteroatoms. The fourth-order valence-electron chi connectivity index (χ4n) is 3.04. The summed E-state index contributed by atoms with van der Waals surface area (Å²) in [6, 6.07) is 15.2. The van der Waals surface area contributed by atoms with Gasteiger partial charge in [-0.15, -0.1) is 0 Å². The molecule has 12 nitrogen and oxygen atoms in total. The van der Waals surface area contributed by atoms with Gasteiger partial charge in [-0.3, -0.25) is 30.3 Å². The second-order valence-electron chi connectivity index (χ2n) is 6.88. The van der Waals surface area contributed by atoms with E-state index in [1.807, 2.05) is 6.07 Å². The van der Waals surface area contributed by atoms with Crippen LogP contribution in [0.5, 0.6) is 17.2 Å². The standard InChI is InChI=1S/C23H16N4O8/c1-2-34-23-12-15(11-17(14-24)16-4-6-18(7-5-16)25(28)29)3-9-22(23)35-21-10-8-19(26(30)31)13-20(21)27(32)33/h3-13H,2H2,1H3/b17-11+. The predicted molar refractivity (Wildman–Crippen MR) is 124 cm³/mol. The van der Waals surface area contributed by atoms with Gasteiger partial charge in [-0.25, -0.2) is 0 Å². The Morgan fingerprint density at radius 1 is 0.857 bits per heavy atom. The second kappa shape index (κ2) is 10.5. The van der Waals surface area contributed by atoms with Crippen molar-refractivity contribution in [2.45, 2.75) is 6.92 Å². The van der Waals surface area contributed by atoms with Crippen LogP contribution in [0.3, 0.4) is 0 Å². The Balaban J connectivity index is 1.97. The number of nitrogens with zero attached hydrogens (tertiary/aromatic N) is 4. The number of nitro benzene ring substituents is 3. The number of nitro groups is 3. The van der Waals surface area contributed by atoms with Crippen LogP contribution in [0.4, 0.5) is 17.1 Å². The van der Waals surface area contributed by atoms with Crippen LogP contribution < -0.4 is 9.47 Å². The molecule has 35 heavy (non-hydrogen) atoms. The van der Waals surface area contributed by atoms with Crippen molar-refractivity contribution in [1.29, 1.82) is 5.26 Å². The van der Waals surface area contributed by atoms with Crippen LogP contribution in [0.15, 0.2) is 60.7 Å². The molecule has 3 aromatic rings. The fraction of sp³-hybridized carbons (Fsp3) is 0.0870. The fourth-order valence-corrected chi connectivity index (χ4v) is 3.04. The van der Waals surface area contributed by atoms with Crippen molar-refractivity contribution in [3.63, 3.8) is 0 Å². The topological polar surface area (TPSA) is 172 Å². The van der Waals surface area contributed by atoms with Crippen molar-refractivity contribution in [3.8, 4) is 23.3 Å². The lowest BCUT2D eigenvalue weighted by atomic mass is 10.0. The summed E-state index contributed by atoms with van der Waals surface area (Å²) in [5.74, 6) is 0.123. The number of allylic oxidation sites excluding steroid dienone is 1.